The molecule has 0 bridgehead atoms. The van der Waals surface area contributed by atoms with Crippen molar-refractivity contribution in [3.8, 4) is 0 Å². The summed E-state index contributed by atoms with van der Waals surface area (Å²) in [5.74, 6) is 0.974. The molecule has 8 nitrogen and oxygen atoms in total. The first kappa shape index (κ1) is 19.5. The van der Waals surface area contributed by atoms with Gasteiger partial charge in [-0.05, 0) is 20.0 Å². The fourth-order valence-corrected chi connectivity index (χ4v) is 3.70. The zero-order chi connectivity index (χ0) is 20.4. The average molecular weight is 399 g/mol. The summed E-state index contributed by atoms with van der Waals surface area (Å²) >= 11 is 0. The summed E-state index contributed by atoms with van der Waals surface area (Å²) in [6, 6.07) is 3.26. The van der Waals surface area contributed by atoms with E-state index in [0.29, 0.717) is 32.1 Å². The van der Waals surface area contributed by atoms with Gasteiger partial charge in [-0.25, -0.2) is 9.37 Å². The highest BCUT2D eigenvalue weighted by atomic mass is 19.1. The standard InChI is InChI=1S/C20H26FN7O/c1-15-11-18(26-5-3-25(2)4-6-26)24-20(23-15)28-9-7-27(8-10-28)19(29)16-12-17(21)14-22-13-16/h11-14H,3-10H2,1-2H3. The number of piperazine rings is 2. The Morgan fingerprint density at radius 3 is 2.31 bits per heavy atom. The Bertz CT molecular complexity index is 877. The lowest BCUT2D eigenvalue weighted by molar-refractivity contribution is 0.0745. The van der Waals surface area contributed by atoms with Crippen molar-refractivity contribution in [1.82, 2.24) is 24.8 Å². The SMILES string of the molecule is Cc1cc(N2CCN(C)CC2)nc(N2CCN(C(=O)c3cncc(F)c3)CC2)n1. The van der Waals surface area contributed by atoms with E-state index in [9.17, 15) is 9.18 Å². The molecule has 9 heteroatoms. The van der Waals surface area contributed by atoms with Crippen LogP contribution in [0.4, 0.5) is 16.2 Å². The number of anilines is 2. The van der Waals surface area contributed by atoms with Crippen molar-refractivity contribution in [1.29, 1.82) is 0 Å². The van der Waals surface area contributed by atoms with Crippen molar-refractivity contribution in [3.05, 3.63) is 41.6 Å². The molecule has 2 fully saturated rings. The van der Waals surface area contributed by atoms with Gasteiger partial charge in [0.05, 0.1) is 11.8 Å². The number of hydrogen-bond acceptors (Lipinski definition) is 7. The number of rotatable bonds is 3. The van der Waals surface area contributed by atoms with Crippen LogP contribution in [0.3, 0.4) is 0 Å². The summed E-state index contributed by atoms with van der Waals surface area (Å²) in [5.41, 5.74) is 1.22. The Balaban J connectivity index is 1.42. The van der Waals surface area contributed by atoms with E-state index in [1.54, 1.807) is 4.90 Å². The Labute approximate surface area is 170 Å². The highest BCUT2D eigenvalue weighted by molar-refractivity contribution is 5.94. The number of halogens is 1. The number of carbonyl (C=O) groups excluding carboxylic acids is 1. The molecule has 2 aromatic heterocycles. The second kappa shape index (κ2) is 8.28. The molecule has 29 heavy (non-hydrogen) atoms. The molecule has 2 aromatic rings. The summed E-state index contributed by atoms with van der Waals surface area (Å²) < 4.78 is 13.4. The number of likely N-dealkylation sites (N-methyl/N-ethyl adjacent to an activating group) is 1. The van der Waals surface area contributed by atoms with Crippen LogP contribution in [0.2, 0.25) is 0 Å². The van der Waals surface area contributed by atoms with E-state index in [-0.39, 0.29) is 11.5 Å². The first-order valence-corrected chi connectivity index (χ1v) is 9.93. The lowest BCUT2D eigenvalue weighted by atomic mass is 10.2. The largest absolute Gasteiger partial charge is 0.354 e. The minimum Gasteiger partial charge on any atom is -0.354 e. The number of carbonyl (C=O) groups is 1. The van der Waals surface area contributed by atoms with Gasteiger partial charge in [-0.15, -0.1) is 0 Å². The van der Waals surface area contributed by atoms with Gasteiger partial charge in [-0.1, -0.05) is 0 Å². The maximum atomic E-state index is 13.4. The van der Waals surface area contributed by atoms with Crippen LogP contribution >= 0.6 is 0 Å². The van der Waals surface area contributed by atoms with Gasteiger partial charge in [0, 0.05) is 70.3 Å². The van der Waals surface area contributed by atoms with Crippen LogP contribution in [0.15, 0.2) is 24.5 Å². The van der Waals surface area contributed by atoms with E-state index in [0.717, 1.165) is 43.9 Å². The molecule has 4 heterocycles. The highest BCUT2D eigenvalue weighted by Gasteiger charge is 2.25. The fourth-order valence-electron chi connectivity index (χ4n) is 3.70. The molecular formula is C20H26FN7O. The maximum Gasteiger partial charge on any atom is 0.255 e. The van der Waals surface area contributed by atoms with Gasteiger partial charge in [-0.2, -0.15) is 4.98 Å². The zero-order valence-corrected chi connectivity index (χ0v) is 16.9. The van der Waals surface area contributed by atoms with Crippen molar-refractivity contribution in [2.24, 2.45) is 0 Å². The second-order valence-electron chi connectivity index (χ2n) is 7.63. The number of amides is 1. The fraction of sp³-hybridized carbons (Fsp3) is 0.500. The highest BCUT2D eigenvalue weighted by Crippen LogP contribution is 2.20. The molecule has 2 saturated heterocycles. The summed E-state index contributed by atoms with van der Waals surface area (Å²) in [7, 11) is 2.13. The number of hydrogen-bond donors (Lipinski definition) is 0. The molecule has 0 atom stereocenters. The first-order chi connectivity index (χ1) is 14.0. The van der Waals surface area contributed by atoms with Crippen molar-refractivity contribution in [3.63, 3.8) is 0 Å². The number of aryl methyl sites for hydroxylation is 1. The van der Waals surface area contributed by atoms with Crippen molar-refractivity contribution >= 4 is 17.7 Å². The summed E-state index contributed by atoms with van der Waals surface area (Å²) in [5, 5.41) is 0. The minimum absolute atomic E-state index is 0.195. The molecule has 154 valence electrons. The van der Waals surface area contributed by atoms with Gasteiger partial charge >= 0.3 is 0 Å². The van der Waals surface area contributed by atoms with Crippen LogP contribution in [0.25, 0.3) is 0 Å². The first-order valence-electron chi connectivity index (χ1n) is 9.93. The van der Waals surface area contributed by atoms with Gasteiger partial charge in [0.1, 0.15) is 11.6 Å². The lowest BCUT2D eigenvalue weighted by Gasteiger charge is -2.36. The van der Waals surface area contributed by atoms with Crippen molar-refractivity contribution in [2.45, 2.75) is 6.92 Å². The molecular weight excluding hydrogens is 373 g/mol. The summed E-state index contributed by atoms with van der Waals surface area (Å²) in [6.45, 7) is 8.30. The molecule has 0 radical (unpaired) electrons. The van der Waals surface area contributed by atoms with Crippen LogP contribution in [-0.4, -0.2) is 90.1 Å². The topological polar surface area (TPSA) is 68.7 Å². The molecule has 0 saturated carbocycles. The van der Waals surface area contributed by atoms with E-state index in [1.165, 1.54) is 12.3 Å². The van der Waals surface area contributed by atoms with Gasteiger partial charge in [0.15, 0.2) is 0 Å². The quantitative estimate of drug-likeness (QED) is 0.764. The van der Waals surface area contributed by atoms with Crippen LogP contribution in [0, 0.1) is 12.7 Å². The Hall–Kier alpha value is -2.81. The third-order valence-corrected chi connectivity index (χ3v) is 5.46. The smallest absolute Gasteiger partial charge is 0.255 e. The third-order valence-electron chi connectivity index (χ3n) is 5.46. The van der Waals surface area contributed by atoms with Crippen LogP contribution in [0.5, 0.6) is 0 Å². The van der Waals surface area contributed by atoms with E-state index in [1.807, 2.05) is 13.0 Å². The molecule has 4 rings (SSSR count). The van der Waals surface area contributed by atoms with Crippen LogP contribution in [0.1, 0.15) is 16.1 Å². The van der Waals surface area contributed by atoms with Crippen LogP contribution < -0.4 is 9.80 Å². The van der Waals surface area contributed by atoms with E-state index < -0.39 is 5.82 Å². The Morgan fingerprint density at radius 1 is 0.931 bits per heavy atom. The molecule has 1 amide bonds. The monoisotopic (exact) mass is 399 g/mol. The predicted octanol–water partition coefficient (Wildman–Crippen LogP) is 1.03. The van der Waals surface area contributed by atoms with E-state index in [2.05, 4.69) is 31.7 Å². The van der Waals surface area contributed by atoms with Crippen molar-refractivity contribution < 1.29 is 9.18 Å². The molecule has 0 N–H and O–H groups in total. The number of pyridine rings is 1. The third kappa shape index (κ3) is 4.45. The van der Waals surface area contributed by atoms with Gasteiger partial charge in [-0.3, -0.25) is 9.78 Å². The van der Waals surface area contributed by atoms with Gasteiger partial charge in [0.2, 0.25) is 5.95 Å². The molecule has 0 aromatic carbocycles. The van der Waals surface area contributed by atoms with Crippen molar-refractivity contribution in [2.75, 3.05) is 69.2 Å². The Morgan fingerprint density at radius 2 is 1.62 bits per heavy atom. The van der Waals surface area contributed by atoms with E-state index in [4.69, 9.17) is 4.98 Å². The van der Waals surface area contributed by atoms with Crippen LogP contribution in [-0.2, 0) is 0 Å². The number of nitrogens with zero attached hydrogens (tertiary/aromatic N) is 7. The average Bonchev–Trinajstić information content (AvgIpc) is 2.73. The molecule has 0 spiro atoms. The number of aromatic nitrogens is 3. The predicted molar refractivity (Wildman–Crippen MR) is 109 cm³/mol. The lowest BCUT2D eigenvalue weighted by Crippen LogP contribution is -2.49. The molecule has 0 aliphatic carbocycles. The van der Waals surface area contributed by atoms with Gasteiger partial charge < -0.3 is 19.6 Å². The molecule has 2 aliphatic heterocycles. The zero-order valence-electron chi connectivity index (χ0n) is 16.9. The summed E-state index contributed by atoms with van der Waals surface area (Å²) in [6.07, 6.45) is 2.51. The second-order valence-corrected chi connectivity index (χ2v) is 7.63. The Kier molecular flexibility index (Phi) is 5.57. The molecule has 0 unspecified atom stereocenters. The van der Waals surface area contributed by atoms with E-state index >= 15 is 0 Å². The minimum atomic E-state index is -0.501. The molecule has 2 aliphatic rings. The maximum absolute atomic E-state index is 13.4. The normalized spacial score (nSPS) is 18.2. The summed E-state index contributed by atoms with van der Waals surface area (Å²) in [4.78, 5) is 34.2. The van der Waals surface area contributed by atoms with Gasteiger partial charge in [0.25, 0.3) is 5.91 Å².